The minimum Gasteiger partial charge on any atom is -0.306 e. The van der Waals surface area contributed by atoms with Crippen LogP contribution in [0.25, 0.3) is 0 Å². The van der Waals surface area contributed by atoms with E-state index in [0.29, 0.717) is 18.0 Å². The molecule has 1 unspecified atom stereocenters. The molecule has 1 aliphatic rings. The summed E-state index contributed by atoms with van der Waals surface area (Å²) < 4.78 is 27.1. The van der Waals surface area contributed by atoms with Crippen LogP contribution in [0.15, 0.2) is 29.2 Å². The molecular formula is C14H20N2O3S. The number of hydrogen-bond acceptors (Lipinski definition) is 4. The zero-order valence-electron chi connectivity index (χ0n) is 11.8. The SMILES string of the molecule is CC(=O)c1cccc(S(=O)(=O)NCC2CCN(C)C2)c1. The molecule has 1 atom stereocenters. The first kappa shape index (κ1) is 15.2. The summed E-state index contributed by atoms with van der Waals surface area (Å²) in [7, 11) is -1.51. The summed E-state index contributed by atoms with van der Waals surface area (Å²) in [5.41, 5.74) is 0.411. The molecule has 5 nitrogen and oxygen atoms in total. The van der Waals surface area contributed by atoms with Crippen LogP contribution < -0.4 is 4.72 Å². The number of sulfonamides is 1. The van der Waals surface area contributed by atoms with E-state index in [9.17, 15) is 13.2 Å². The summed E-state index contributed by atoms with van der Waals surface area (Å²) in [4.78, 5) is 13.6. The van der Waals surface area contributed by atoms with E-state index < -0.39 is 10.0 Å². The van der Waals surface area contributed by atoms with Gasteiger partial charge in [-0.25, -0.2) is 13.1 Å². The summed E-state index contributed by atoms with van der Waals surface area (Å²) in [5.74, 6) is 0.213. The van der Waals surface area contributed by atoms with E-state index in [2.05, 4.69) is 9.62 Å². The van der Waals surface area contributed by atoms with Gasteiger partial charge >= 0.3 is 0 Å². The van der Waals surface area contributed by atoms with Gasteiger partial charge in [0.05, 0.1) is 4.90 Å². The van der Waals surface area contributed by atoms with Crippen molar-refractivity contribution in [3.63, 3.8) is 0 Å². The van der Waals surface area contributed by atoms with Gasteiger partial charge in [-0.05, 0) is 45.0 Å². The highest BCUT2D eigenvalue weighted by molar-refractivity contribution is 7.89. The molecule has 0 aromatic heterocycles. The minimum absolute atomic E-state index is 0.139. The topological polar surface area (TPSA) is 66.5 Å². The zero-order chi connectivity index (χ0) is 14.8. The number of rotatable bonds is 5. The van der Waals surface area contributed by atoms with Gasteiger partial charge in [0.1, 0.15) is 0 Å². The normalized spacial score (nSPS) is 20.2. The number of benzene rings is 1. The van der Waals surface area contributed by atoms with Crippen LogP contribution in [-0.4, -0.2) is 45.8 Å². The van der Waals surface area contributed by atoms with Gasteiger partial charge in [-0.2, -0.15) is 0 Å². The molecule has 20 heavy (non-hydrogen) atoms. The molecule has 0 aliphatic carbocycles. The molecule has 1 aliphatic heterocycles. The lowest BCUT2D eigenvalue weighted by molar-refractivity contribution is 0.101. The summed E-state index contributed by atoms with van der Waals surface area (Å²) >= 11 is 0. The maximum Gasteiger partial charge on any atom is 0.240 e. The molecule has 0 radical (unpaired) electrons. The molecule has 1 fully saturated rings. The van der Waals surface area contributed by atoms with Crippen molar-refractivity contribution >= 4 is 15.8 Å². The van der Waals surface area contributed by atoms with Gasteiger partial charge in [0, 0.05) is 18.7 Å². The van der Waals surface area contributed by atoms with Crippen LogP contribution in [0.2, 0.25) is 0 Å². The van der Waals surface area contributed by atoms with E-state index >= 15 is 0 Å². The van der Waals surface area contributed by atoms with Crippen molar-refractivity contribution in [2.24, 2.45) is 5.92 Å². The van der Waals surface area contributed by atoms with Crippen molar-refractivity contribution in [2.45, 2.75) is 18.2 Å². The van der Waals surface area contributed by atoms with Gasteiger partial charge in [-0.3, -0.25) is 4.79 Å². The first-order valence-electron chi connectivity index (χ1n) is 6.68. The van der Waals surface area contributed by atoms with Crippen LogP contribution >= 0.6 is 0 Å². The summed E-state index contributed by atoms with van der Waals surface area (Å²) in [6.07, 6.45) is 1.01. The summed E-state index contributed by atoms with van der Waals surface area (Å²) in [6.45, 7) is 3.78. The fourth-order valence-electron chi connectivity index (χ4n) is 2.39. The first-order chi connectivity index (χ1) is 9.38. The predicted molar refractivity (Wildman–Crippen MR) is 77.2 cm³/mol. The van der Waals surface area contributed by atoms with Crippen molar-refractivity contribution in [3.8, 4) is 0 Å². The lowest BCUT2D eigenvalue weighted by Crippen LogP contribution is -2.30. The molecule has 1 N–H and O–H groups in total. The smallest absolute Gasteiger partial charge is 0.240 e. The summed E-state index contributed by atoms with van der Waals surface area (Å²) in [5, 5.41) is 0. The average Bonchev–Trinajstić information content (AvgIpc) is 2.82. The Labute approximate surface area is 120 Å². The van der Waals surface area contributed by atoms with Crippen LogP contribution in [0.3, 0.4) is 0 Å². The molecule has 1 aromatic rings. The van der Waals surface area contributed by atoms with Crippen molar-refractivity contribution in [2.75, 3.05) is 26.7 Å². The van der Waals surface area contributed by atoms with Gasteiger partial charge in [0.25, 0.3) is 0 Å². The second-order valence-corrected chi connectivity index (χ2v) is 7.12. The lowest BCUT2D eigenvalue weighted by Gasteiger charge is -2.12. The Kier molecular flexibility index (Phi) is 4.57. The Morgan fingerprint density at radius 3 is 2.80 bits per heavy atom. The number of hydrogen-bond donors (Lipinski definition) is 1. The second kappa shape index (κ2) is 6.03. The number of nitrogens with one attached hydrogen (secondary N) is 1. The summed E-state index contributed by atoms with van der Waals surface area (Å²) in [6, 6.07) is 6.14. The maximum atomic E-state index is 12.2. The van der Waals surface area contributed by atoms with E-state index in [4.69, 9.17) is 0 Å². The highest BCUT2D eigenvalue weighted by Gasteiger charge is 2.22. The van der Waals surface area contributed by atoms with Crippen molar-refractivity contribution in [1.82, 2.24) is 9.62 Å². The molecule has 0 bridgehead atoms. The third kappa shape index (κ3) is 3.65. The van der Waals surface area contributed by atoms with Crippen molar-refractivity contribution in [3.05, 3.63) is 29.8 Å². The Morgan fingerprint density at radius 2 is 2.20 bits per heavy atom. The van der Waals surface area contributed by atoms with E-state index in [-0.39, 0.29) is 10.7 Å². The maximum absolute atomic E-state index is 12.2. The first-order valence-corrected chi connectivity index (χ1v) is 8.16. The number of ketones is 1. The molecule has 0 spiro atoms. The molecule has 0 saturated carbocycles. The molecule has 0 amide bonds. The number of carbonyl (C=O) groups is 1. The van der Waals surface area contributed by atoms with Crippen LogP contribution in [0.1, 0.15) is 23.7 Å². The van der Waals surface area contributed by atoms with Gasteiger partial charge in [-0.15, -0.1) is 0 Å². The Hall–Kier alpha value is -1.24. The average molecular weight is 296 g/mol. The molecular weight excluding hydrogens is 276 g/mol. The van der Waals surface area contributed by atoms with Crippen molar-refractivity contribution in [1.29, 1.82) is 0 Å². The Bertz CT molecular complexity index is 598. The predicted octanol–water partition coefficient (Wildman–Crippen LogP) is 1.12. The van der Waals surface area contributed by atoms with Gasteiger partial charge < -0.3 is 4.90 Å². The highest BCUT2D eigenvalue weighted by atomic mass is 32.2. The zero-order valence-corrected chi connectivity index (χ0v) is 12.6. The monoisotopic (exact) mass is 296 g/mol. The number of nitrogens with zero attached hydrogens (tertiary/aromatic N) is 1. The third-order valence-electron chi connectivity index (χ3n) is 3.60. The molecule has 6 heteroatoms. The van der Waals surface area contributed by atoms with E-state index in [1.54, 1.807) is 12.1 Å². The molecule has 2 rings (SSSR count). The largest absolute Gasteiger partial charge is 0.306 e. The lowest BCUT2D eigenvalue weighted by atomic mass is 10.1. The van der Waals surface area contributed by atoms with Gasteiger partial charge in [-0.1, -0.05) is 12.1 Å². The number of likely N-dealkylation sites (tertiary alicyclic amines) is 1. The minimum atomic E-state index is -3.54. The van der Waals surface area contributed by atoms with Crippen LogP contribution in [0, 0.1) is 5.92 Å². The number of Topliss-reactive ketones (excluding diaryl/α,β-unsaturated/α-hetero) is 1. The third-order valence-corrected chi connectivity index (χ3v) is 5.02. The molecule has 110 valence electrons. The van der Waals surface area contributed by atoms with E-state index in [1.165, 1.54) is 19.1 Å². The van der Waals surface area contributed by atoms with Crippen LogP contribution in [0.5, 0.6) is 0 Å². The van der Waals surface area contributed by atoms with Gasteiger partial charge in [0.2, 0.25) is 10.0 Å². The van der Waals surface area contributed by atoms with E-state index in [1.807, 2.05) is 7.05 Å². The fourth-order valence-corrected chi connectivity index (χ4v) is 3.55. The Balaban J connectivity index is 2.06. The quantitative estimate of drug-likeness (QED) is 0.827. The number of carbonyl (C=O) groups excluding carboxylic acids is 1. The molecule has 1 aromatic carbocycles. The second-order valence-electron chi connectivity index (χ2n) is 5.35. The van der Waals surface area contributed by atoms with Crippen LogP contribution in [0.4, 0.5) is 0 Å². The highest BCUT2D eigenvalue weighted by Crippen LogP contribution is 2.16. The van der Waals surface area contributed by atoms with E-state index in [0.717, 1.165) is 19.5 Å². The van der Waals surface area contributed by atoms with Crippen molar-refractivity contribution < 1.29 is 13.2 Å². The van der Waals surface area contributed by atoms with Crippen LogP contribution in [-0.2, 0) is 10.0 Å². The fraction of sp³-hybridized carbons (Fsp3) is 0.500. The molecule has 1 heterocycles. The standard InChI is InChI=1S/C14H20N2O3S/c1-11(17)13-4-3-5-14(8-13)20(18,19)15-9-12-6-7-16(2)10-12/h3-5,8,12,15H,6-7,9-10H2,1-2H3. The van der Waals surface area contributed by atoms with Gasteiger partial charge in [0.15, 0.2) is 5.78 Å². The molecule has 1 saturated heterocycles. The Morgan fingerprint density at radius 1 is 1.45 bits per heavy atom.